The lowest BCUT2D eigenvalue weighted by Crippen LogP contribution is -2.32. The molecule has 0 unspecified atom stereocenters. The van der Waals surface area contributed by atoms with Crippen molar-refractivity contribution >= 4 is 50.7 Å². The van der Waals surface area contributed by atoms with Gasteiger partial charge in [-0.2, -0.15) is 0 Å². The van der Waals surface area contributed by atoms with Crippen LogP contribution in [0.5, 0.6) is 0 Å². The highest BCUT2D eigenvalue weighted by Crippen LogP contribution is 2.37. The fourth-order valence-corrected chi connectivity index (χ4v) is 3.54. The maximum atomic E-state index is 12.5. The lowest BCUT2D eigenvalue weighted by Gasteiger charge is -2.22. The monoisotopic (exact) mass is 372 g/mol. The number of nitrogens with two attached hydrogens (primary N) is 1. The summed E-state index contributed by atoms with van der Waals surface area (Å²) in [6.45, 7) is 4.61. The van der Waals surface area contributed by atoms with Crippen molar-refractivity contribution in [2.45, 2.75) is 25.2 Å². The number of rotatable bonds is 5. The Bertz CT molecular complexity index is 662. The summed E-state index contributed by atoms with van der Waals surface area (Å²) in [4.78, 5) is 13.6. The van der Waals surface area contributed by atoms with Crippen LogP contribution in [0.2, 0.25) is 15.1 Å². The van der Waals surface area contributed by atoms with Crippen molar-refractivity contribution < 1.29 is 13.2 Å². The number of benzene rings is 1. The number of primary sulfonamides is 1. The van der Waals surface area contributed by atoms with Crippen LogP contribution in [0.25, 0.3) is 0 Å². The van der Waals surface area contributed by atoms with Gasteiger partial charge >= 0.3 is 0 Å². The van der Waals surface area contributed by atoms with Crippen molar-refractivity contribution in [2.24, 2.45) is 5.14 Å². The number of hydrogen-bond donors (Lipinski definition) is 1. The molecular weight excluding hydrogens is 359 g/mol. The number of carbonyl (C=O) groups excluding carboxylic acids is 1. The third kappa shape index (κ3) is 4.02. The summed E-state index contributed by atoms with van der Waals surface area (Å²) in [7, 11) is -4.12. The number of nitrogens with zero attached hydrogens (tertiary/aromatic N) is 1. The average Bonchev–Trinajstić information content (AvgIpc) is 2.38. The second-order valence-electron chi connectivity index (χ2n) is 4.29. The summed E-state index contributed by atoms with van der Waals surface area (Å²) in [5.41, 5.74) is -0.148. The minimum absolute atomic E-state index is 0.0892. The van der Waals surface area contributed by atoms with Gasteiger partial charge < -0.3 is 4.90 Å². The van der Waals surface area contributed by atoms with E-state index in [-0.39, 0.29) is 20.6 Å². The van der Waals surface area contributed by atoms with Crippen molar-refractivity contribution in [3.63, 3.8) is 0 Å². The SMILES string of the molecule is CCCN(CC)C(=O)c1c(Cl)c(Cl)cc(S(N)(=O)=O)c1Cl. The molecule has 21 heavy (non-hydrogen) atoms. The number of halogens is 3. The van der Waals surface area contributed by atoms with E-state index in [9.17, 15) is 13.2 Å². The molecule has 0 fully saturated rings. The van der Waals surface area contributed by atoms with Crippen molar-refractivity contribution in [3.05, 3.63) is 26.7 Å². The first kappa shape index (κ1) is 18.5. The molecule has 0 atom stereocenters. The van der Waals surface area contributed by atoms with Crippen LogP contribution in [0.15, 0.2) is 11.0 Å². The highest BCUT2D eigenvalue weighted by Gasteiger charge is 2.27. The largest absolute Gasteiger partial charge is 0.339 e. The Morgan fingerprint density at radius 2 is 1.81 bits per heavy atom. The molecule has 0 spiro atoms. The molecule has 1 rings (SSSR count). The van der Waals surface area contributed by atoms with E-state index in [1.807, 2.05) is 6.92 Å². The minimum Gasteiger partial charge on any atom is -0.339 e. The highest BCUT2D eigenvalue weighted by molar-refractivity contribution is 7.89. The van der Waals surface area contributed by atoms with Crippen LogP contribution in [0.1, 0.15) is 30.6 Å². The summed E-state index contributed by atoms with van der Waals surface area (Å²) < 4.78 is 23.0. The van der Waals surface area contributed by atoms with E-state index in [2.05, 4.69) is 0 Å². The molecule has 1 aromatic rings. The summed E-state index contributed by atoms with van der Waals surface area (Å²) in [5, 5.41) is 4.58. The Morgan fingerprint density at radius 3 is 2.24 bits per heavy atom. The number of hydrogen-bond acceptors (Lipinski definition) is 3. The van der Waals surface area contributed by atoms with Gasteiger partial charge in [0.2, 0.25) is 10.0 Å². The smallest absolute Gasteiger partial charge is 0.256 e. The van der Waals surface area contributed by atoms with Gasteiger partial charge in [0.25, 0.3) is 5.91 Å². The topological polar surface area (TPSA) is 80.5 Å². The van der Waals surface area contributed by atoms with Crippen LogP contribution < -0.4 is 5.14 Å². The zero-order chi connectivity index (χ0) is 16.4. The molecule has 0 saturated heterocycles. The molecule has 1 aromatic carbocycles. The average molecular weight is 374 g/mol. The Kier molecular flexibility index (Phi) is 6.31. The zero-order valence-electron chi connectivity index (χ0n) is 11.5. The van der Waals surface area contributed by atoms with Crippen LogP contribution in [-0.4, -0.2) is 32.3 Å². The molecule has 0 radical (unpaired) electrons. The Morgan fingerprint density at radius 1 is 1.24 bits per heavy atom. The van der Waals surface area contributed by atoms with Gasteiger partial charge in [-0.05, 0) is 19.4 Å². The molecule has 118 valence electrons. The normalized spacial score (nSPS) is 11.5. The van der Waals surface area contributed by atoms with Gasteiger partial charge in [-0.25, -0.2) is 13.6 Å². The van der Waals surface area contributed by atoms with Crippen molar-refractivity contribution in [3.8, 4) is 0 Å². The quantitative estimate of drug-likeness (QED) is 0.805. The second-order valence-corrected chi connectivity index (χ2v) is 6.98. The predicted octanol–water partition coefficient (Wildman–Crippen LogP) is 3.17. The second kappa shape index (κ2) is 7.15. The lowest BCUT2D eigenvalue weighted by atomic mass is 10.2. The van der Waals surface area contributed by atoms with Crippen LogP contribution in [0.4, 0.5) is 0 Å². The molecule has 0 saturated carbocycles. The minimum atomic E-state index is -4.12. The van der Waals surface area contributed by atoms with E-state index < -0.39 is 20.8 Å². The Balaban J connectivity index is 3.55. The first-order valence-electron chi connectivity index (χ1n) is 6.14. The van der Waals surface area contributed by atoms with E-state index in [0.29, 0.717) is 13.1 Å². The van der Waals surface area contributed by atoms with Crippen molar-refractivity contribution in [2.75, 3.05) is 13.1 Å². The fraction of sp³-hybridized carbons (Fsp3) is 0.417. The van der Waals surface area contributed by atoms with Gasteiger partial charge in [-0.3, -0.25) is 4.79 Å². The molecule has 5 nitrogen and oxygen atoms in total. The summed E-state index contributed by atoms with van der Waals surface area (Å²) in [6.07, 6.45) is 0.734. The van der Waals surface area contributed by atoms with E-state index in [1.54, 1.807) is 6.92 Å². The molecule has 0 heterocycles. The van der Waals surface area contributed by atoms with E-state index >= 15 is 0 Å². The molecular formula is C12H15Cl3N2O3S. The maximum absolute atomic E-state index is 12.5. The molecule has 0 aliphatic carbocycles. The Labute approximate surface area is 139 Å². The molecule has 0 aromatic heterocycles. The van der Waals surface area contributed by atoms with E-state index in [0.717, 1.165) is 12.5 Å². The molecule has 1 amide bonds. The third-order valence-electron chi connectivity index (χ3n) is 2.81. The fourth-order valence-electron chi connectivity index (χ4n) is 1.81. The first-order valence-corrected chi connectivity index (χ1v) is 8.82. The Hall–Kier alpha value is -0.530. The van der Waals surface area contributed by atoms with Crippen LogP contribution in [0, 0.1) is 0 Å². The maximum Gasteiger partial charge on any atom is 0.256 e. The van der Waals surface area contributed by atoms with E-state index in [1.165, 1.54) is 4.90 Å². The lowest BCUT2D eigenvalue weighted by molar-refractivity contribution is 0.0764. The number of amides is 1. The van der Waals surface area contributed by atoms with Gasteiger partial charge in [-0.1, -0.05) is 41.7 Å². The van der Waals surface area contributed by atoms with Gasteiger partial charge in [0.15, 0.2) is 0 Å². The zero-order valence-corrected chi connectivity index (χ0v) is 14.6. The van der Waals surface area contributed by atoms with Gasteiger partial charge in [0, 0.05) is 13.1 Å². The number of sulfonamides is 1. The summed E-state index contributed by atoms with van der Waals surface area (Å²) in [5.74, 6) is -0.484. The van der Waals surface area contributed by atoms with Crippen molar-refractivity contribution in [1.29, 1.82) is 0 Å². The van der Waals surface area contributed by atoms with Crippen molar-refractivity contribution in [1.82, 2.24) is 4.90 Å². The number of carbonyl (C=O) groups is 1. The molecule has 2 N–H and O–H groups in total. The first-order chi connectivity index (χ1) is 9.65. The third-order valence-corrected chi connectivity index (χ3v) is 5.03. The summed E-state index contributed by atoms with van der Waals surface area (Å²) in [6, 6.07) is 1.04. The predicted molar refractivity (Wildman–Crippen MR) is 84.7 cm³/mol. The van der Waals surface area contributed by atoms with Crippen LogP contribution >= 0.6 is 34.8 Å². The molecule has 0 aliphatic heterocycles. The summed E-state index contributed by atoms with van der Waals surface area (Å²) >= 11 is 17.9. The van der Waals surface area contributed by atoms with Gasteiger partial charge in [0.05, 0.1) is 20.6 Å². The van der Waals surface area contributed by atoms with Gasteiger partial charge in [0.1, 0.15) is 4.90 Å². The highest BCUT2D eigenvalue weighted by atomic mass is 35.5. The standard InChI is InChI=1S/C12H15Cl3N2O3S/c1-3-5-17(4-2)12(18)9-10(14)7(13)6-8(11(9)15)21(16,19)20/h6H,3-5H2,1-2H3,(H2,16,19,20). The van der Waals surface area contributed by atoms with Gasteiger partial charge in [-0.15, -0.1) is 0 Å². The van der Waals surface area contributed by atoms with Crippen LogP contribution in [0.3, 0.4) is 0 Å². The molecule has 0 aliphatic rings. The molecule has 9 heteroatoms. The van der Waals surface area contributed by atoms with E-state index in [4.69, 9.17) is 39.9 Å². The van der Waals surface area contributed by atoms with Crippen LogP contribution in [-0.2, 0) is 10.0 Å². The molecule has 0 bridgehead atoms.